The third-order valence-electron chi connectivity index (χ3n) is 3.84. The largest absolute Gasteiger partial charge is 0.341 e. The fourth-order valence-corrected chi connectivity index (χ4v) is 2.68. The van der Waals surface area contributed by atoms with Crippen LogP contribution < -0.4 is 10.2 Å². The van der Waals surface area contributed by atoms with Crippen LogP contribution in [0.2, 0.25) is 0 Å². The average Bonchev–Trinajstić information content (AvgIpc) is 2.39. The number of piperidine rings is 1. The van der Waals surface area contributed by atoms with Gasteiger partial charge in [-0.2, -0.15) is 0 Å². The molecule has 18 heavy (non-hydrogen) atoms. The molecule has 1 saturated heterocycles. The summed E-state index contributed by atoms with van der Waals surface area (Å²) >= 11 is 0. The van der Waals surface area contributed by atoms with Gasteiger partial charge in [-0.15, -0.1) is 0 Å². The first-order chi connectivity index (χ1) is 8.70. The van der Waals surface area contributed by atoms with Crippen LogP contribution in [0.15, 0.2) is 12.3 Å². The molecule has 1 aliphatic heterocycles. The van der Waals surface area contributed by atoms with Crippen molar-refractivity contribution in [2.24, 2.45) is 5.92 Å². The Labute approximate surface area is 110 Å². The molecular weight excluding hydrogens is 224 g/mol. The zero-order chi connectivity index (χ0) is 13.0. The third-order valence-corrected chi connectivity index (χ3v) is 3.84. The lowest BCUT2D eigenvalue weighted by Crippen LogP contribution is -2.42. The molecule has 0 radical (unpaired) electrons. The van der Waals surface area contributed by atoms with Crippen LogP contribution in [0.1, 0.15) is 32.4 Å². The van der Waals surface area contributed by atoms with E-state index in [4.69, 9.17) is 0 Å². The van der Waals surface area contributed by atoms with Crippen molar-refractivity contribution in [3.05, 3.63) is 18.0 Å². The van der Waals surface area contributed by atoms with Crippen LogP contribution in [0.25, 0.3) is 0 Å². The first kappa shape index (κ1) is 13.3. The highest BCUT2D eigenvalue weighted by Gasteiger charge is 2.24. The van der Waals surface area contributed by atoms with Gasteiger partial charge in [0.05, 0.1) is 0 Å². The lowest BCUT2D eigenvalue weighted by molar-refractivity contribution is 0.313. The molecular formula is C14H24N4. The van der Waals surface area contributed by atoms with Gasteiger partial charge in [-0.1, -0.05) is 6.92 Å². The van der Waals surface area contributed by atoms with Gasteiger partial charge < -0.3 is 10.2 Å². The average molecular weight is 248 g/mol. The molecule has 100 valence electrons. The van der Waals surface area contributed by atoms with E-state index in [1.807, 2.05) is 19.2 Å². The monoisotopic (exact) mass is 248 g/mol. The van der Waals surface area contributed by atoms with Gasteiger partial charge in [0.25, 0.3) is 0 Å². The van der Waals surface area contributed by atoms with Gasteiger partial charge in [-0.05, 0) is 45.2 Å². The summed E-state index contributed by atoms with van der Waals surface area (Å²) < 4.78 is 0. The number of nitrogens with zero attached hydrogens (tertiary/aromatic N) is 3. The van der Waals surface area contributed by atoms with Crippen molar-refractivity contribution in [2.45, 2.75) is 39.7 Å². The maximum absolute atomic E-state index is 4.50. The van der Waals surface area contributed by atoms with Gasteiger partial charge in [0.15, 0.2) is 0 Å². The number of aryl methyl sites for hydroxylation is 1. The zero-order valence-electron chi connectivity index (χ0n) is 11.7. The lowest BCUT2D eigenvalue weighted by Gasteiger charge is -2.35. The minimum atomic E-state index is 0.621. The summed E-state index contributed by atoms with van der Waals surface area (Å²) in [6.45, 7) is 9.69. The number of aromatic nitrogens is 2. The predicted octanol–water partition coefficient (Wildman–Crippen LogP) is 2.00. The normalized spacial score (nSPS) is 18.9. The molecule has 2 heterocycles. The number of anilines is 1. The molecule has 2 rings (SSSR count). The molecule has 1 aromatic rings. The summed E-state index contributed by atoms with van der Waals surface area (Å²) in [4.78, 5) is 11.2. The Morgan fingerprint density at radius 1 is 1.44 bits per heavy atom. The van der Waals surface area contributed by atoms with Crippen molar-refractivity contribution in [1.29, 1.82) is 0 Å². The van der Waals surface area contributed by atoms with Gasteiger partial charge in [0.2, 0.25) is 5.95 Å². The van der Waals surface area contributed by atoms with Crippen molar-refractivity contribution >= 4 is 5.95 Å². The molecule has 0 spiro atoms. The van der Waals surface area contributed by atoms with E-state index in [0.717, 1.165) is 37.2 Å². The Balaban J connectivity index is 1.90. The van der Waals surface area contributed by atoms with E-state index >= 15 is 0 Å². The summed E-state index contributed by atoms with van der Waals surface area (Å²) in [5.41, 5.74) is 1.04. The van der Waals surface area contributed by atoms with Crippen molar-refractivity contribution in [2.75, 3.05) is 24.5 Å². The summed E-state index contributed by atoms with van der Waals surface area (Å²) in [6, 6.07) is 2.57. The van der Waals surface area contributed by atoms with Crippen molar-refractivity contribution in [3.8, 4) is 0 Å². The summed E-state index contributed by atoms with van der Waals surface area (Å²) in [5.74, 6) is 1.68. The maximum Gasteiger partial charge on any atom is 0.225 e. The van der Waals surface area contributed by atoms with Gasteiger partial charge >= 0.3 is 0 Å². The molecule has 4 nitrogen and oxygen atoms in total. The topological polar surface area (TPSA) is 41.0 Å². The number of hydrogen-bond donors (Lipinski definition) is 1. The molecule has 1 fully saturated rings. The Morgan fingerprint density at radius 3 is 2.78 bits per heavy atom. The van der Waals surface area contributed by atoms with Crippen LogP contribution in [-0.4, -0.2) is 35.6 Å². The fourth-order valence-electron chi connectivity index (χ4n) is 2.68. The van der Waals surface area contributed by atoms with Gasteiger partial charge in [-0.3, -0.25) is 0 Å². The summed E-state index contributed by atoms with van der Waals surface area (Å²) in [6.07, 6.45) is 4.31. The number of hydrogen-bond acceptors (Lipinski definition) is 4. The Morgan fingerprint density at radius 2 is 2.17 bits per heavy atom. The highest BCUT2D eigenvalue weighted by molar-refractivity contribution is 5.30. The maximum atomic E-state index is 4.50. The molecule has 1 atom stereocenters. The van der Waals surface area contributed by atoms with Crippen LogP contribution in [-0.2, 0) is 0 Å². The summed E-state index contributed by atoms with van der Waals surface area (Å²) in [5, 5.41) is 3.53. The summed E-state index contributed by atoms with van der Waals surface area (Å²) in [7, 11) is 0. The SMILES string of the molecule is CCNC(C)C1CCN(c2nccc(C)n2)CC1. The first-order valence-electron chi connectivity index (χ1n) is 6.98. The predicted molar refractivity (Wildman–Crippen MR) is 74.8 cm³/mol. The Kier molecular flexibility index (Phi) is 4.53. The van der Waals surface area contributed by atoms with E-state index in [1.54, 1.807) is 0 Å². The number of rotatable bonds is 4. The van der Waals surface area contributed by atoms with Crippen LogP contribution in [0.5, 0.6) is 0 Å². The molecule has 1 unspecified atom stereocenters. The first-order valence-corrected chi connectivity index (χ1v) is 6.98. The van der Waals surface area contributed by atoms with Gasteiger partial charge in [0.1, 0.15) is 0 Å². The third kappa shape index (κ3) is 3.19. The molecule has 0 bridgehead atoms. The van der Waals surface area contributed by atoms with E-state index in [-0.39, 0.29) is 0 Å². The van der Waals surface area contributed by atoms with E-state index in [0.29, 0.717) is 6.04 Å². The Bertz CT molecular complexity index is 372. The molecule has 0 aliphatic carbocycles. The molecule has 1 aliphatic rings. The van der Waals surface area contributed by atoms with Crippen molar-refractivity contribution in [1.82, 2.24) is 15.3 Å². The standard InChI is InChI=1S/C14H24N4/c1-4-15-12(3)13-6-9-18(10-7-13)14-16-8-5-11(2)17-14/h5,8,12-13,15H,4,6-7,9-10H2,1-3H3. The molecule has 4 heteroatoms. The van der Waals surface area contributed by atoms with Crippen molar-refractivity contribution < 1.29 is 0 Å². The zero-order valence-corrected chi connectivity index (χ0v) is 11.7. The van der Waals surface area contributed by atoms with E-state index in [9.17, 15) is 0 Å². The lowest BCUT2D eigenvalue weighted by atomic mass is 9.90. The Hall–Kier alpha value is -1.16. The smallest absolute Gasteiger partial charge is 0.225 e. The van der Waals surface area contributed by atoms with E-state index < -0.39 is 0 Å². The second kappa shape index (κ2) is 6.14. The molecule has 1 aromatic heterocycles. The molecule has 0 saturated carbocycles. The second-order valence-electron chi connectivity index (χ2n) is 5.17. The van der Waals surface area contributed by atoms with Crippen LogP contribution in [0.4, 0.5) is 5.95 Å². The highest BCUT2D eigenvalue weighted by Crippen LogP contribution is 2.23. The van der Waals surface area contributed by atoms with Crippen LogP contribution >= 0.6 is 0 Å². The number of nitrogens with one attached hydrogen (secondary N) is 1. The second-order valence-corrected chi connectivity index (χ2v) is 5.17. The minimum Gasteiger partial charge on any atom is -0.341 e. The van der Waals surface area contributed by atoms with Crippen LogP contribution in [0, 0.1) is 12.8 Å². The molecule has 1 N–H and O–H groups in total. The van der Waals surface area contributed by atoms with Crippen LogP contribution in [0.3, 0.4) is 0 Å². The quantitative estimate of drug-likeness (QED) is 0.885. The van der Waals surface area contributed by atoms with Gasteiger partial charge in [-0.25, -0.2) is 9.97 Å². The van der Waals surface area contributed by atoms with Gasteiger partial charge in [0, 0.05) is 31.0 Å². The molecule has 0 amide bonds. The minimum absolute atomic E-state index is 0.621. The van der Waals surface area contributed by atoms with E-state index in [2.05, 4.69) is 34.0 Å². The van der Waals surface area contributed by atoms with Crippen molar-refractivity contribution in [3.63, 3.8) is 0 Å². The highest BCUT2D eigenvalue weighted by atomic mass is 15.2. The fraction of sp³-hybridized carbons (Fsp3) is 0.714. The van der Waals surface area contributed by atoms with E-state index in [1.165, 1.54) is 12.8 Å². The molecule has 0 aromatic carbocycles.